The Balaban J connectivity index is 2.34. The van der Waals surface area contributed by atoms with Crippen molar-refractivity contribution in [2.24, 2.45) is 10.7 Å². The van der Waals surface area contributed by atoms with Crippen LogP contribution in [0.25, 0.3) is 0 Å². The maximum atomic E-state index is 12.1. The van der Waals surface area contributed by atoms with Crippen LogP contribution >= 0.6 is 0 Å². The lowest BCUT2D eigenvalue weighted by atomic mass is 10.1. The number of ether oxygens (including phenoxy) is 2. The molecule has 1 aliphatic heterocycles. The molecule has 0 bridgehead atoms. The number of likely N-dealkylation sites (N-methyl/N-ethyl adjacent to an activating group) is 1. The molecule has 0 aromatic heterocycles. The maximum absolute atomic E-state index is 12.1. The van der Waals surface area contributed by atoms with E-state index >= 15 is 0 Å². The molecule has 0 fully saturated rings. The molecule has 20 heavy (non-hydrogen) atoms. The summed E-state index contributed by atoms with van der Waals surface area (Å²) in [6, 6.07) is 4.79. The van der Waals surface area contributed by atoms with Gasteiger partial charge in [0.25, 0.3) is 5.91 Å². The molecule has 0 saturated heterocycles. The van der Waals surface area contributed by atoms with Crippen LogP contribution in [0.5, 0.6) is 11.5 Å². The number of amides is 1. The summed E-state index contributed by atoms with van der Waals surface area (Å²) in [6.45, 7) is 4.88. The summed E-state index contributed by atoms with van der Waals surface area (Å²) in [6.07, 6.45) is 0. The molecule has 108 valence electrons. The summed E-state index contributed by atoms with van der Waals surface area (Å²) < 4.78 is 11.0. The minimum Gasteiger partial charge on any atom is -0.490 e. The zero-order valence-corrected chi connectivity index (χ0v) is 11.9. The second-order valence-corrected chi connectivity index (χ2v) is 4.36. The Morgan fingerprint density at radius 2 is 1.90 bits per heavy atom. The second kappa shape index (κ2) is 5.81. The number of rotatable bonds is 5. The Morgan fingerprint density at radius 1 is 1.25 bits per heavy atom. The molecule has 1 heterocycles. The molecule has 0 radical (unpaired) electrons. The van der Waals surface area contributed by atoms with Gasteiger partial charge in [0.05, 0.1) is 13.2 Å². The zero-order chi connectivity index (χ0) is 14.7. The topological polar surface area (TPSA) is 77.2 Å². The normalized spacial score (nSPS) is 18.1. The Kier molecular flexibility index (Phi) is 4.12. The number of benzene rings is 1. The fourth-order valence-electron chi connectivity index (χ4n) is 2.03. The lowest BCUT2D eigenvalue weighted by molar-refractivity contribution is -0.126. The second-order valence-electron chi connectivity index (χ2n) is 4.36. The Bertz CT molecular complexity index is 542. The molecule has 2 rings (SSSR count). The third-order valence-corrected chi connectivity index (χ3v) is 3.05. The minimum atomic E-state index is -0.602. The summed E-state index contributed by atoms with van der Waals surface area (Å²) in [7, 11) is 1.61. The van der Waals surface area contributed by atoms with Gasteiger partial charge in [0, 0.05) is 7.05 Å². The quantitative estimate of drug-likeness (QED) is 0.880. The Labute approximate surface area is 118 Å². The SMILES string of the molecule is CCOc1ccc(C2N=C(N)N(C)C2=O)cc1OCC. The number of carbonyl (C=O) groups excluding carboxylic acids is 1. The molecule has 1 aromatic carbocycles. The first kappa shape index (κ1) is 14.2. The summed E-state index contributed by atoms with van der Waals surface area (Å²) in [4.78, 5) is 17.6. The van der Waals surface area contributed by atoms with Gasteiger partial charge < -0.3 is 15.2 Å². The van der Waals surface area contributed by atoms with E-state index in [9.17, 15) is 4.79 Å². The highest BCUT2D eigenvalue weighted by Gasteiger charge is 2.32. The van der Waals surface area contributed by atoms with Crippen LogP contribution in [0.2, 0.25) is 0 Å². The van der Waals surface area contributed by atoms with Gasteiger partial charge in [0.15, 0.2) is 23.5 Å². The predicted octanol–water partition coefficient (Wildman–Crippen LogP) is 1.31. The molecule has 1 unspecified atom stereocenters. The van der Waals surface area contributed by atoms with E-state index < -0.39 is 6.04 Å². The summed E-state index contributed by atoms with van der Waals surface area (Å²) >= 11 is 0. The van der Waals surface area contributed by atoms with E-state index in [4.69, 9.17) is 15.2 Å². The highest BCUT2D eigenvalue weighted by Crippen LogP contribution is 2.33. The number of nitrogens with zero attached hydrogens (tertiary/aromatic N) is 2. The average molecular weight is 277 g/mol. The van der Waals surface area contributed by atoms with Crippen LogP contribution in [0, 0.1) is 0 Å². The van der Waals surface area contributed by atoms with E-state index in [1.807, 2.05) is 19.9 Å². The summed E-state index contributed by atoms with van der Waals surface area (Å²) in [5, 5.41) is 0. The van der Waals surface area contributed by atoms with Crippen LogP contribution in [0.3, 0.4) is 0 Å². The van der Waals surface area contributed by atoms with Crippen molar-refractivity contribution in [2.75, 3.05) is 20.3 Å². The fourth-order valence-corrected chi connectivity index (χ4v) is 2.03. The van der Waals surface area contributed by atoms with Gasteiger partial charge in [0.2, 0.25) is 0 Å². The van der Waals surface area contributed by atoms with E-state index in [0.717, 1.165) is 5.56 Å². The van der Waals surface area contributed by atoms with Crippen LogP contribution in [-0.2, 0) is 4.79 Å². The monoisotopic (exact) mass is 277 g/mol. The largest absolute Gasteiger partial charge is 0.490 e. The number of guanidine groups is 1. The lowest BCUT2D eigenvalue weighted by Crippen LogP contribution is -2.34. The number of carbonyl (C=O) groups is 1. The molecule has 0 spiro atoms. The summed E-state index contributed by atoms with van der Waals surface area (Å²) in [5.41, 5.74) is 6.41. The van der Waals surface area contributed by atoms with Gasteiger partial charge >= 0.3 is 0 Å². The number of nitrogens with two attached hydrogens (primary N) is 1. The lowest BCUT2D eigenvalue weighted by Gasteiger charge is -2.14. The molecule has 1 amide bonds. The molecule has 6 heteroatoms. The first-order chi connectivity index (χ1) is 9.58. The standard InChI is InChI=1S/C14H19N3O3/c1-4-19-10-7-6-9(8-11(10)20-5-2)12-13(18)17(3)14(15)16-12/h6-8,12H,4-5H2,1-3H3,(H2,15,16). The van der Waals surface area contributed by atoms with Crippen LogP contribution in [0.15, 0.2) is 23.2 Å². The minimum absolute atomic E-state index is 0.144. The third kappa shape index (κ3) is 2.54. The van der Waals surface area contributed by atoms with Gasteiger partial charge in [0.1, 0.15) is 0 Å². The van der Waals surface area contributed by atoms with Crippen molar-refractivity contribution >= 4 is 11.9 Å². The molecule has 1 atom stereocenters. The highest BCUT2D eigenvalue weighted by molar-refractivity contribution is 6.04. The van der Waals surface area contributed by atoms with Crippen molar-refractivity contribution in [2.45, 2.75) is 19.9 Å². The van der Waals surface area contributed by atoms with Crippen molar-refractivity contribution in [1.82, 2.24) is 4.90 Å². The molecular formula is C14H19N3O3. The number of hydrogen-bond donors (Lipinski definition) is 1. The van der Waals surface area contributed by atoms with Gasteiger partial charge in [-0.05, 0) is 31.5 Å². The van der Waals surface area contributed by atoms with Crippen molar-refractivity contribution in [3.8, 4) is 11.5 Å². The van der Waals surface area contributed by atoms with Crippen LogP contribution in [-0.4, -0.2) is 37.0 Å². The zero-order valence-electron chi connectivity index (χ0n) is 11.9. The van der Waals surface area contributed by atoms with Crippen LogP contribution < -0.4 is 15.2 Å². The molecular weight excluding hydrogens is 258 g/mol. The van der Waals surface area contributed by atoms with Gasteiger partial charge in [-0.15, -0.1) is 0 Å². The van der Waals surface area contributed by atoms with Crippen molar-refractivity contribution in [3.05, 3.63) is 23.8 Å². The average Bonchev–Trinajstić information content (AvgIpc) is 2.69. The van der Waals surface area contributed by atoms with Crippen LogP contribution in [0.1, 0.15) is 25.5 Å². The van der Waals surface area contributed by atoms with Gasteiger partial charge in [-0.1, -0.05) is 6.07 Å². The van der Waals surface area contributed by atoms with Crippen molar-refractivity contribution in [3.63, 3.8) is 0 Å². The predicted molar refractivity (Wildman–Crippen MR) is 75.9 cm³/mol. The summed E-state index contributed by atoms with van der Waals surface area (Å²) in [5.74, 6) is 1.36. The van der Waals surface area contributed by atoms with Crippen molar-refractivity contribution in [1.29, 1.82) is 0 Å². The number of hydrogen-bond acceptors (Lipinski definition) is 5. The highest BCUT2D eigenvalue weighted by atomic mass is 16.5. The third-order valence-electron chi connectivity index (χ3n) is 3.05. The molecule has 1 aliphatic rings. The van der Waals surface area contributed by atoms with E-state index in [2.05, 4.69) is 4.99 Å². The molecule has 0 saturated carbocycles. The molecule has 1 aromatic rings. The first-order valence-corrected chi connectivity index (χ1v) is 6.58. The van der Waals surface area contributed by atoms with Crippen LogP contribution in [0.4, 0.5) is 0 Å². The van der Waals surface area contributed by atoms with Gasteiger partial charge in [-0.3, -0.25) is 9.69 Å². The van der Waals surface area contributed by atoms with E-state index in [-0.39, 0.29) is 11.9 Å². The molecule has 6 nitrogen and oxygen atoms in total. The Hall–Kier alpha value is -2.24. The molecule has 0 aliphatic carbocycles. The smallest absolute Gasteiger partial charge is 0.258 e. The van der Waals surface area contributed by atoms with Gasteiger partial charge in [-0.2, -0.15) is 0 Å². The van der Waals surface area contributed by atoms with Crippen molar-refractivity contribution < 1.29 is 14.3 Å². The van der Waals surface area contributed by atoms with E-state index in [1.165, 1.54) is 4.90 Å². The Morgan fingerprint density at radius 3 is 2.45 bits per heavy atom. The molecule has 2 N–H and O–H groups in total. The van der Waals surface area contributed by atoms with E-state index in [0.29, 0.717) is 24.7 Å². The first-order valence-electron chi connectivity index (χ1n) is 6.58. The number of aliphatic imine (C=N–C) groups is 1. The fraction of sp³-hybridized carbons (Fsp3) is 0.429. The van der Waals surface area contributed by atoms with Gasteiger partial charge in [-0.25, -0.2) is 4.99 Å². The van der Waals surface area contributed by atoms with E-state index in [1.54, 1.807) is 19.2 Å². The maximum Gasteiger partial charge on any atom is 0.258 e.